The molecule has 2 unspecified atom stereocenters. The minimum Gasteiger partial charge on any atom is -0.453 e. The molecule has 137 heavy (non-hydrogen) atoms. The average molecular weight is 1870 g/mol. The Hall–Kier alpha value is -15.1. The van der Waals surface area contributed by atoms with Gasteiger partial charge in [-0.05, 0) is 72.7 Å². The summed E-state index contributed by atoms with van der Waals surface area (Å²) >= 11 is 0. The van der Waals surface area contributed by atoms with Crippen molar-refractivity contribution >= 4 is 115 Å². The molecule has 34 nitrogen and oxygen atoms in total. The van der Waals surface area contributed by atoms with Gasteiger partial charge in [-0.2, -0.15) is 0 Å². The van der Waals surface area contributed by atoms with Crippen LogP contribution in [0.5, 0.6) is 92.0 Å². The van der Waals surface area contributed by atoms with Crippen LogP contribution in [0.1, 0.15) is 291 Å². The number of hydrogen-bond acceptors (Lipinski definition) is 24. The summed E-state index contributed by atoms with van der Waals surface area (Å²) < 4.78 is 68.1. The van der Waals surface area contributed by atoms with Crippen molar-refractivity contribution < 1.29 is 85.8 Å². The van der Waals surface area contributed by atoms with Crippen LogP contribution in [0.25, 0.3) is 11.0 Å². The second-order valence-electron chi connectivity index (χ2n) is 34.6. The fourth-order valence-electron chi connectivity index (χ4n) is 17.9. The number of nitro groups is 1. The summed E-state index contributed by atoms with van der Waals surface area (Å²) in [6.07, 6.45) is 11.1. The molecule has 8 bridgehead atoms. The van der Waals surface area contributed by atoms with Gasteiger partial charge in [-0.15, -0.1) is 5.10 Å². The normalized spacial score (nSPS) is 14.7. The molecular formula is C103H113N15O19. The van der Waals surface area contributed by atoms with Crippen molar-refractivity contribution in [3.05, 3.63) is 176 Å². The van der Waals surface area contributed by atoms with Crippen LogP contribution in [0, 0.1) is 10.1 Å². The van der Waals surface area contributed by atoms with Crippen molar-refractivity contribution in [2.75, 3.05) is 47.9 Å². The summed E-state index contributed by atoms with van der Waals surface area (Å²) in [4.78, 5) is 123. The highest BCUT2D eigenvalue weighted by molar-refractivity contribution is 6.04. The molecule has 0 saturated heterocycles. The lowest BCUT2D eigenvalue weighted by molar-refractivity contribution is -0.383. The Bertz CT molecular complexity index is 6250. The van der Waals surface area contributed by atoms with Crippen LogP contribution < -0.4 is 85.7 Å². The molecule has 1 aliphatic carbocycles. The summed E-state index contributed by atoms with van der Waals surface area (Å²) in [5.41, 5.74) is 7.55. The zero-order valence-corrected chi connectivity index (χ0v) is 78.7. The first kappa shape index (κ1) is 95.1. The molecule has 0 radical (unpaired) electrons. The molecule has 714 valence electrons. The number of unbranched alkanes of at least 4 members (excludes halogenated alkanes) is 6. The maximum absolute atomic E-state index is 14.0. The summed E-state index contributed by atoms with van der Waals surface area (Å²) in [7, 11) is 0. The largest absolute Gasteiger partial charge is 0.453 e. The molecule has 4 aliphatic heterocycles. The number of amides is 8. The second kappa shape index (κ2) is 42.2. The van der Waals surface area contributed by atoms with Gasteiger partial charge < -0.3 is 85.7 Å². The van der Waals surface area contributed by atoms with Crippen molar-refractivity contribution in [3.63, 3.8) is 0 Å². The van der Waals surface area contributed by atoms with Gasteiger partial charge in [0.2, 0.25) is 52.8 Å². The Balaban J connectivity index is 1.06. The Morgan fingerprint density at radius 2 is 0.562 bits per heavy atom. The fourth-order valence-corrected chi connectivity index (χ4v) is 17.9. The van der Waals surface area contributed by atoms with Gasteiger partial charge in [-0.25, -0.2) is 4.63 Å². The van der Waals surface area contributed by atoms with E-state index in [1.807, 2.05) is 24.3 Å². The van der Waals surface area contributed by atoms with Crippen molar-refractivity contribution in [2.24, 2.45) is 0 Å². The summed E-state index contributed by atoms with van der Waals surface area (Å²) in [5, 5.41) is 56.7. The molecule has 0 spiro atoms. The van der Waals surface area contributed by atoms with Crippen LogP contribution in [0.2, 0.25) is 0 Å². The van der Waals surface area contributed by atoms with Crippen LogP contribution in [0.15, 0.2) is 120 Å². The number of rotatable bonds is 36. The number of carbonyl (C=O) groups excluding carboxylic acids is 8. The minimum absolute atomic E-state index is 0.0303. The number of carbonyl (C=O) groups is 8. The van der Waals surface area contributed by atoms with Crippen LogP contribution in [0.4, 0.5) is 56.9 Å². The van der Waals surface area contributed by atoms with Gasteiger partial charge in [0.15, 0.2) is 51.5 Å². The van der Waals surface area contributed by atoms with Crippen LogP contribution >= 0.6 is 0 Å². The van der Waals surface area contributed by atoms with E-state index in [-0.39, 0.29) is 249 Å². The van der Waals surface area contributed by atoms with Crippen LogP contribution in [-0.4, -0.2) is 77.5 Å². The molecule has 9 N–H and O–H groups in total. The monoisotopic (exact) mass is 1860 g/mol. The molecule has 16 rings (SSSR count). The number of aromatic nitrogens is 5. The van der Waals surface area contributed by atoms with Crippen molar-refractivity contribution in [1.82, 2.24) is 25.3 Å². The zero-order chi connectivity index (χ0) is 96.4. The predicted octanol–water partition coefficient (Wildman–Crippen LogP) is 24.8. The molecule has 9 aromatic carbocycles. The Morgan fingerprint density at radius 3 is 0.803 bits per heavy atom. The Morgan fingerprint density at radius 1 is 0.314 bits per heavy atom. The maximum Gasteiger partial charge on any atom is 0.300 e. The number of anilines is 9. The number of nitrogens with one attached hydrogen (secondary N) is 9. The number of nitrogens with zero attached hydrogens (tertiary/aromatic N) is 6. The quantitative estimate of drug-likeness (QED) is 0.0100. The fraction of sp³-hybridized carbons (Fsp3) is 0.379. The molecular weight excluding hydrogens is 1750 g/mol. The molecule has 6 heterocycles. The van der Waals surface area contributed by atoms with E-state index in [1.165, 1.54) is 12.1 Å². The SMILES string of the molecule is CCCCCC1c2cc3c4cc2Oc2cc(NC(=O)CC)c(NC(=O)CC)cc2Oc2cc5c(cc21)C(CCCCC)c1cc2c(cc1Oc1cc(NC(=O)CC)c(NC(=O)CC)cc1O5)Oc1cc(NC(=O)CC)c(NC(=O)CC)cc1Oc1cc(c(cc1C2CCCn1cc(CNc2ccc([N+](=O)[O-])c5nonc25)nn1)C3CCCCC)Oc1cc(NC(=O)CC)c(NC(=O)CC)cc1O4. The number of nitro benzene ring substituents is 1. The third kappa shape index (κ3) is 20.8. The average Bonchev–Trinajstić information content (AvgIpc) is 1.70. The lowest BCUT2D eigenvalue weighted by atomic mass is 9.76. The second-order valence-corrected chi connectivity index (χ2v) is 34.6. The highest BCUT2D eigenvalue weighted by atomic mass is 16.6. The van der Waals surface area contributed by atoms with E-state index in [9.17, 15) is 48.5 Å². The van der Waals surface area contributed by atoms with E-state index in [2.05, 4.69) is 114 Å². The molecule has 0 fully saturated rings. The summed E-state index contributed by atoms with van der Waals surface area (Å²) in [6.45, 7) is 20.5. The Labute approximate surface area is 791 Å². The lowest BCUT2D eigenvalue weighted by Crippen LogP contribution is -2.15. The molecule has 2 atom stereocenters. The first-order valence-electron chi connectivity index (χ1n) is 47.7. The predicted molar refractivity (Wildman–Crippen MR) is 518 cm³/mol. The maximum atomic E-state index is 14.0. The third-order valence-electron chi connectivity index (χ3n) is 25.2. The number of non-ortho nitro benzene ring substituents is 1. The van der Waals surface area contributed by atoms with Crippen molar-refractivity contribution in [1.29, 1.82) is 0 Å². The lowest BCUT2D eigenvalue weighted by Gasteiger charge is -2.30. The first-order valence-corrected chi connectivity index (χ1v) is 47.7. The van der Waals surface area contributed by atoms with E-state index in [0.717, 1.165) is 38.5 Å². The van der Waals surface area contributed by atoms with Gasteiger partial charge in [0, 0.05) is 205 Å². The standard InChI is InChI=1S/C103H113N15O19/c1-12-23-26-30-56-60-37-62-57(31-27-24-13-2)64-39-66-59(33-29-36-117-54-55(113-116-117)53-104-68-34-35-77(118(127)128)103-102(68)114-137-115-103)67-40-65-58(32-28-25-14-3)63-38-61(56)79-50-81(63)132-89-44-72(108-97(122)18-7)74(110-99(124)20-9)46-91(89)134-83(65)52-85(67)136-93-48-76(112-101(126)22-11)75(111-100(125)21-10)47-92(93)135-84(66)51-82(64)133-90-45-73(109-98(123)19-8)71(107-96(121)17-6)43-88(90)131-80(62)49-78(60)129-86-41-69(105-94(119)15-4)70(42-87(86)130-79)106-95(120)16-5/h34-35,37-52,54,56-59,104H,12-33,36,53H2,1-11H3,(H,105,119)(H,106,120)(H,107,121)(H,108,122)(H,109,123)(H,110,124)(H,111,125)(H,112,126). The van der Waals surface area contributed by atoms with Crippen molar-refractivity contribution in [2.45, 2.75) is 254 Å². The van der Waals surface area contributed by atoms with Crippen LogP contribution in [0.3, 0.4) is 0 Å². The topological polar surface area (TPSA) is 431 Å². The number of aryl methyl sites for hydroxylation is 1. The minimum atomic E-state index is -0.811. The van der Waals surface area contributed by atoms with Gasteiger partial charge in [-0.1, -0.05) is 139 Å². The van der Waals surface area contributed by atoms with E-state index in [0.29, 0.717) is 124 Å². The first-order chi connectivity index (χ1) is 66.4. The molecule has 5 aliphatic rings. The van der Waals surface area contributed by atoms with Gasteiger partial charge >= 0.3 is 5.69 Å². The molecule has 0 saturated carbocycles. The Kier molecular flexibility index (Phi) is 29.3. The number of benzene rings is 9. The van der Waals surface area contributed by atoms with E-state index in [4.69, 9.17) is 42.5 Å². The van der Waals surface area contributed by atoms with Crippen LogP contribution in [-0.2, 0) is 51.4 Å². The molecule has 2 aromatic heterocycles. The molecule has 11 aromatic rings. The third-order valence-corrected chi connectivity index (χ3v) is 25.2. The van der Waals surface area contributed by atoms with Gasteiger partial charge in [0.05, 0.1) is 68.9 Å². The van der Waals surface area contributed by atoms with Gasteiger partial charge in [-0.3, -0.25) is 53.2 Å². The zero-order valence-electron chi connectivity index (χ0n) is 78.7. The molecule has 34 heteroatoms. The molecule has 8 amide bonds. The van der Waals surface area contributed by atoms with Gasteiger partial charge in [0.25, 0.3) is 0 Å². The van der Waals surface area contributed by atoms with E-state index >= 15 is 0 Å². The van der Waals surface area contributed by atoms with Gasteiger partial charge in [0.1, 0.15) is 51.7 Å². The highest BCUT2D eigenvalue weighted by Crippen LogP contribution is 2.62. The number of ether oxygens (including phenoxy) is 8. The highest BCUT2D eigenvalue weighted by Gasteiger charge is 2.41. The summed E-state index contributed by atoms with van der Waals surface area (Å²) in [5.74, 6) is -2.93. The smallest absolute Gasteiger partial charge is 0.300 e. The van der Waals surface area contributed by atoms with Crippen molar-refractivity contribution in [3.8, 4) is 92.0 Å². The van der Waals surface area contributed by atoms with E-state index < -0.39 is 28.6 Å². The number of hydrogen-bond donors (Lipinski definition) is 9. The number of fused-ring (bicyclic) bond motifs is 5. The van der Waals surface area contributed by atoms with E-state index in [1.54, 1.807) is 115 Å². The summed E-state index contributed by atoms with van der Waals surface area (Å²) in [6, 6.07) is 31.9.